The normalized spacial score (nSPS) is 11.6. The van der Waals surface area contributed by atoms with Crippen LogP contribution in [-0.4, -0.2) is 30.4 Å². The Morgan fingerprint density at radius 3 is 2.44 bits per heavy atom. The molecule has 2 aromatic carbocycles. The second-order valence-corrected chi connectivity index (χ2v) is 8.21. The zero-order chi connectivity index (χ0) is 19.8. The molecule has 9 heteroatoms. The number of ether oxygens (including phenoxy) is 1. The minimum absolute atomic E-state index is 0.109. The first kappa shape index (κ1) is 19.6. The molecule has 3 rings (SSSR count). The number of sulfonamides is 1. The van der Waals surface area contributed by atoms with Crippen LogP contribution in [-0.2, 0) is 16.6 Å². The molecule has 0 aliphatic carbocycles. The lowest BCUT2D eigenvalue weighted by molar-refractivity contribution is 0.278. The highest BCUT2D eigenvalue weighted by atomic mass is 79.9. The number of halogens is 1. The molecule has 0 aliphatic rings. The number of nitrogens with two attached hydrogens (primary N) is 1. The van der Waals surface area contributed by atoms with Crippen molar-refractivity contribution in [2.24, 2.45) is 5.14 Å². The highest BCUT2D eigenvalue weighted by Crippen LogP contribution is 2.34. The third-order valence-corrected chi connectivity index (χ3v) is 6.08. The van der Waals surface area contributed by atoms with Crippen molar-refractivity contribution in [3.63, 3.8) is 0 Å². The number of benzene rings is 2. The molecule has 1 aromatic heterocycles. The average molecular weight is 452 g/mol. The van der Waals surface area contributed by atoms with E-state index in [1.54, 1.807) is 23.9 Å². The van der Waals surface area contributed by atoms with Gasteiger partial charge in [-0.05, 0) is 70.9 Å². The van der Waals surface area contributed by atoms with Crippen LogP contribution in [0.2, 0.25) is 0 Å². The summed E-state index contributed by atoms with van der Waals surface area (Å²) < 4.78 is 31.1. The van der Waals surface area contributed by atoms with E-state index < -0.39 is 16.6 Å². The standard InChI is InChI=1S/C18H18BrN3O4S/c1-11-17(19)18(12-3-6-15(26-2)7-4-12)22(21-11)14-5-8-16(27(20,24)25)13(9-14)10-23/h3-9,23H,10H2,1-2H3,(H2,20,24,25). The number of aliphatic hydroxyl groups is 1. The van der Waals surface area contributed by atoms with Crippen LogP contribution in [0.25, 0.3) is 16.9 Å². The first-order chi connectivity index (χ1) is 12.8. The van der Waals surface area contributed by atoms with Crippen molar-refractivity contribution < 1.29 is 18.3 Å². The minimum Gasteiger partial charge on any atom is -0.497 e. The smallest absolute Gasteiger partial charge is 0.238 e. The highest BCUT2D eigenvalue weighted by molar-refractivity contribution is 9.10. The van der Waals surface area contributed by atoms with Gasteiger partial charge in [0.2, 0.25) is 10.0 Å². The van der Waals surface area contributed by atoms with Gasteiger partial charge in [0.15, 0.2) is 0 Å². The van der Waals surface area contributed by atoms with Gasteiger partial charge in [-0.25, -0.2) is 18.2 Å². The van der Waals surface area contributed by atoms with E-state index >= 15 is 0 Å². The Morgan fingerprint density at radius 2 is 1.89 bits per heavy atom. The molecule has 3 aromatic rings. The summed E-state index contributed by atoms with van der Waals surface area (Å²) in [5.41, 5.74) is 3.26. The molecule has 0 radical (unpaired) electrons. The summed E-state index contributed by atoms with van der Waals surface area (Å²) in [6, 6.07) is 12.0. The Morgan fingerprint density at radius 1 is 1.22 bits per heavy atom. The lowest BCUT2D eigenvalue weighted by Crippen LogP contribution is -2.15. The van der Waals surface area contributed by atoms with Crippen LogP contribution in [0.3, 0.4) is 0 Å². The van der Waals surface area contributed by atoms with Crippen LogP contribution in [0.15, 0.2) is 51.8 Å². The predicted molar refractivity (Wildman–Crippen MR) is 105 cm³/mol. The average Bonchev–Trinajstić information content (AvgIpc) is 2.95. The number of nitrogens with zero attached hydrogens (tertiary/aromatic N) is 2. The lowest BCUT2D eigenvalue weighted by atomic mass is 10.1. The Bertz CT molecular complexity index is 1090. The van der Waals surface area contributed by atoms with E-state index in [9.17, 15) is 13.5 Å². The number of rotatable bonds is 5. The molecular weight excluding hydrogens is 434 g/mol. The number of aliphatic hydroxyl groups excluding tert-OH is 1. The third-order valence-electron chi connectivity index (χ3n) is 4.12. The maximum absolute atomic E-state index is 11.7. The van der Waals surface area contributed by atoms with Gasteiger partial charge in [0.05, 0.1) is 40.2 Å². The van der Waals surface area contributed by atoms with E-state index in [0.29, 0.717) is 5.69 Å². The van der Waals surface area contributed by atoms with Gasteiger partial charge in [0, 0.05) is 5.56 Å². The van der Waals surface area contributed by atoms with Crippen LogP contribution in [0.1, 0.15) is 11.3 Å². The Labute approximate surface area is 165 Å². The van der Waals surface area contributed by atoms with Crippen molar-refractivity contribution >= 4 is 26.0 Å². The third kappa shape index (κ3) is 3.77. The summed E-state index contributed by atoms with van der Waals surface area (Å²) in [6.45, 7) is 1.40. The van der Waals surface area contributed by atoms with E-state index in [0.717, 1.165) is 27.2 Å². The fraction of sp³-hybridized carbons (Fsp3) is 0.167. The Balaban J connectivity index is 2.19. The van der Waals surface area contributed by atoms with Gasteiger partial charge >= 0.3 is 0 Å². The van der Waals surface area contributed by atoms with Gasteiger partial charge in [-0.2, -0.15) is 5.10 Å². The summed E-state index contributed by atoms with van der Waals surface area (Å²) >= 11 is 3.57. The first-order valence-electron chi connectivity index (χ1n) is 7.92. The fourth-order valence-electron chi connectivity index (χ4n) is 2.79. The van der Waals surface area contributed by atoms with E-state index in [4.69, 9.17) is 9.88 Å². The molecule has 142 valence electrons. The van der Waals surface area contributed by atoms with Crippen molar-refractivity contribution in [3.8, 4) is 22.7 Å². The number of aromatic nitrogens is 2. The lowest BCUT2D eigenvalue weighted by Gasteiger charge is -2.12. The number of hydrogen-bond donors (Lipinski definition) is 2. The molecule has 0 unspecified atom stereocenters. The molecule has 0 fully saturated rings. The molecule has 0 bridgehead atoms. The van der Waals surface area contributed by atoms with Crippen molar-refractivity contribution in [3.05, 3.63) is 58.2 Å². The first-order valence-corrected chi connectivity index (χ1v) is 10.3. The summed E-state index contributed by atoms with van der Waals surface area (Å²) in [6.07, 6.45) is 0. The van der Waals surface area contributed by atoms with Crippen LogP contribution < -0.4 is 9.88 Å². The van der Waals surface area contributed by atoms with Crippen LogP contribution in [0, 0.1) is 6.92 Å². The molecule has 0 spiro atoms. The monoisotopic (exact) mass is 451 g/mol. The zero-order valence-electron chi connectivity index (χ0n) is 14.7. The van der Waals surface area contributed by atoms with Crippen LogP contribution >= 0.6 is 15.9 Å². The van der Waals surface area contributed by atoms with Gasteiger partial charge in [0.25, 0.3) is 0 Å². The van der Waals surface area contributed by atoms with Crippen LogP contribution in [0.4, 0.5) is 0 Å². The summed E-state index contributed by atoms with van der Waals surface area (Å²) in [5, 5.41) is 19.3. The molecule has 3 N–H and O–H groups in total. The molecule has 0 saturated heterocycles. The topological polar surface area (TPSA) is 107 Å². The fourth-order valence-corrected chi connectivity index (χ4v) is 4.01. The highest BCUT2D eigenvalue weighted by Gasteiger charge is 2.19. The van der Waals surface area contributed by atoms with Crippen LogP contribution in [0.5, 0.6) is 5.75 Å². The maximum Gasteiger partial charge on any atom is 0.238 e. The number of aryl methyl sites for hydroxylation is 1. The Kier molecular flexibility index (Phi) is 5.38. The van der Waals surface area contributed by atoms with E-state index in [-0.39, 0.29) is 10.5 Å². The molecule has 1 heterocycles. The molecule has 0 saturated carbocycles. The van der Waals surface area contributed by atoms with Gasteiger partial charge in [0.1, 0.15) is 5.75 Å². The number of methoxy groups -OCH3 is 1. The summed E-state index contributed by atoms with van der Waals surface area (Å²) in [5.74, 6) is 0.734. The molecule has 0 atom stereocenters. The molecule has 0 aliphatic heterocycles. The predicted octanol–water partition coefficient (Wildman–Crippen LogP) is 2.76. The molecular formula is C18H18BrN3O4S. The molecule has 7 nitrogen and oxygen atoms in total. The molecule has 0 amide bonds. The van der Waals surface area contributed by atoms with Gasteiger partial charge < -0.3 is 9.84 Å². The van der Waals surface area contributed by atoms with E-state index in [1.807, 2.05) is 31.2 Å². The van der Waals surface area contributed by atoms with E-state index in [1.165, 1.54) is 6.07 Å². The minimum atomic E-state index is -3.93. The number of primary sulfonamides is 1. The Hall–Kier alpha value is -2.20. The maximum atomic E-state index is 11.7. The zero-order valence-corrected chi connectivity index (χ0v) is 17.1. The van der Waals surface area contributed by atoms with Crippen molar-refractivity contribution in [2.45, 2.75) is 18.4 Å². The largest absolute Gasteiger partial charge is 0.497 e. The van der Waals surface area contributed by atoms with Gasteiger partial charge in [-0.1, -0.05) is 0 Å². The number of hydrogen-bond acceptors (Lipinski definition) is 5. The van der Waals surface area contributed by atoms with Gasteiger partial charge in [-0.3, -0.25) is 0 Å². The second kappa shape index (κ2) is 7.43. The second-order valence-electron chi connectivity index (χ2n) is 5.88. The SMILES string of the molecule is COc1ccc(-c2c(Br)c(C)nn2-c2ccc(S(N)(=O)=O)c(CO)c2)cc1. The van der Waals surface area contributed by atoms with Crippen molar-refractivity contribution in [2.75, 3.05) is 7.11 Å². The van der Waals surface area contributed by atoms with Crippen molar-refractivity contribution in [1.29, 1.82) is 0 Å². The van der Waals surface area contributed by atoms with E-state index in [2.05, 4.69) is 21.0 Å². The molecule has 27 heavy (non-hydrogen) atoms. The summed E-state index contributed by atoms with van der Waals surface area (Å²) in [4.78, 5) is -0.109. The quantitative estimate of drug-likeness (QED) is 0.619. The van der Waals surface area contributed by atoms with Gasteiger partial charge in [-0.15, -0.1) is 0 Å². The summed E-state index contributed by atoms with van der Waals surface area (Å²) in [7, 11) is -2.33. The van der Waals surface area contributed by atoms with Crippen molar-refractivity contribution in [1.82, 2.24) is 9.78 Å².